The van der Waals surface area contributed by atoms with Gasteiger partial charge < -0.3 is 5.73 Å². The Balaban J connectivity index is 1.78. The molecule has 0 amide bonds. The van der Waals surface area contributed by atoms with Crippen molar-refractivity contribution in [3.63, 3.8) is 0 Å². The second kappa shape index (κ2) is 5.41. The van der Waals surface area contributed by atoms with Crippen molar-refractivity contribution in [1.82, 2.24) is 4.90 Å². The Morgan fingerprint density at radius 2 is 1.78 bits per heavy atom. The lowest BCUT2D eigenvalue weighted by molar-refractivity contribution is 0.132. The molecule has 1 heterocycles. The van der Waals surface area contributed by atoms with E-state index in [2.05, 4.69) is 29.2 Å². The van der Waals surface area contributed by atoms with E-state index in [1.165, 1.54) is 50.6 Å². The Kier molecular flexibility index (Phi) is 3.67. The molecule has 2 aliphatic rings. The maximum Gasteiger partial charge on any atom is 0.0250 e. The van der Waals surface area contributed by atoms with Crippen LogP contribution in [0.1, 0.15) is 43.2 Å². The van der Waals surface area contributed by atoms with Gasteiger partial charge in [-0.3, -0.25) is 4.90 Å². The van der Waals surface area contributed by atoms with Gasteiger partial charge >= 0.3 is 0 Å². The third-order valence-corrected chi connectivity index (χ3v) is 4.63. The zero-order valence-corrected chi connectivity index (χ0v) is 11.1. The quantitative estimate of drug-likeness (QED) is 0.823. The molecule has 1 aliphatic carbocycles. The first-order valence-electron chi connectivity index (χ1n) is 7.41. The Morgan fingerprint density at radius 3 is 2.61 bits per heavy atom. The normalized spacial score (nSPS) is 29.6. The summed E-state index contributed by atoms with van der Waals surface area (Å²) in [6, 6.07) is 9.93. The summed E-state index contributed by atoms with van der Waals surface area (Å²) in [5, 5.41) is 0. The minimum Gasteiger partial charge on any atom is -0.326 e. The van der Waals surface area contributed by atoms with E-state index in [0.717, 1.165) is 6.54 Å². The monoisotopic (exact) mass is 244 g/mol. The van der Waals surface area contributed by atoms with Gasteiger partial charge in [0.25, 0.3) is 0 Å². The molecule has 1 saturated carbocycles. The summed E-state index contributed by atoms with van der Waals surface area (Å²) < 4.78 is 0. The summed E-state index contributed by atoms with van der Waals surface area (Å²) in [7, 11) is 0. The third kappa shape index (κ3) is 2.45. The first-order chi connectivity index (χ1) is 8.84. The van der Waals surface area contributed by atoms with Crippen molar-refractivity contribution in [2.45, 2.75) is 57.2 Å². The van der Waals surface area contributed by atoms with Gasteiger partial charge in [-0.1, -0.05) is 37.1 Å². The maximum absolute atomic E-state index is 6.34. The maximum atomic E-state index is 6.34. The smallest absolute Gasteiger partial charge is 0.0250 e. The van der Waals surface area contributed by atoms with Crippen molar-refractivity contribution in [3.8, 4) is 0 Å². The summed E-state index contributed by atoms with van der Waals surface area (Å²) in [5.41, 5.74) is 9.41. The lowest BCUT2D eigenvalue weighted by atomic mass is 9.89. The number of nitrogens with two attached hydrogens (primary N) is 1. The second-order valence-electron chi connectivity index (χ2n) is 5.86. The molecule has 0 spiro atoms. The minimum absolute atomic E-state index is 0.393. The summed E-state index contributed by atoms with van der Waals surface area (Å²) in [5.74, 6) is 0. The lowest BCUT2D eigenvalue weighted by Crippen LogP contribution is -2.49. The summed E-state index contributed by atoms with van der Waals surface area (Å²) in [4.78, 5) is 2.65. The molecular weight excluding hydrogens is 220 g/mol. The van der Waals surface area contributed by atoms with Crippen LogP contribution in [0.15, 0.2) is 24.3 Å². The molecule has 2 nitrogen and oxygen atoms in total. The molecule has 98 valence electrons. The predicted octanol–water partition coefficient (Wildman–Crippen LogP) is 2.70. The largest absolute Gasteiger partial charge is 0.326 e. The fourth-order valence-corrected chi connectivity index (χ4v) is 3.60. The molecule has 1 fully saturated rings. The van der Waals surface area contributed by atoms with Crippen molar-refractivity contribution in [2.75, 3.05) is 6.54 Å². The Labute approximate surface area is 110 Å². The van der Waals surface area contributed by atoms with Crippen LogP contribution in [0.3, 0.4) is 0 Å². The van der Waals surface area contributed by atoms with Gasteiger partial charge in [0.15, 0.2) is 0 Å². The van der Waals surface area contributed by atoms with Gasteiger partial charge in [0.1, 0.15) is 0 Å². The van der Waals surface area contributed by atoms with Crippen LogP contribution in [0, 0.1) is 0 Å². The summed E-state index contributed by atoms with van der Waals surface area (Å²) >= 11 is 0. The van der Waals surface area contributed by atoms with Gasteiger partial charge in [0.2, 0.25) is 0 Å². The SMILES string of the molecule is NC1CCCCC1N1CCCc2ccccc2C1. The van der Waals surface area contributed by atoms with Crippen LogP contribution in [0.25, 0.3) is 0 Å². The molecule has 3 rings (SSSR count). The molecule has 18 heavy (non-hydrogen) atoms. The number of rotatable bonds is 1. The molecule has 0 saturated heterocycles. The Bertz CT molecular complexity index is 402. The first-order valence-corrected chi connectivity index (χ1v) is 7.41. The van der Waals surface area contributed by atoms with E-state index in [0.29, 0.717) is 12.1 Å². The van der Waals surface area contributed by atoms with E-state index >= 15 is 0 Å². The highest BCUT2D eigenvalue weighted by molar-refractivity contribution is 5.28. The summed E-state index contributed by atoms with van der Waals surface area (Å²) in [6.07, 6.45) is 7.69. The fraction of sp³-hybridized carbons (Fsp3) is 0.625. The van der Waals surface area contributed by atoms with E-state index in [4.69, 9.17) is 5.73 Å². The third-order valence-electron chi connectivity index (χ3n) is 4.63. The number of hydrogen-bond donors (Lipinski definition) is 1. The number of nitrogens with zero attached hydrogens (tertiary/aromatic N) is 1. The van der Waals surface area contributed by atoms with E-state index in [1.807, 2.05) is 0 Å². The highest BCUT2D eigenvalue weighted by atomic mass is 15.2. The lowest BCUT2D eigenvalue weighted by Gasteiger charge is -2.38. The zero-order chi connectivity index (χ0) is 12.4. The van der Waals surface area contributed by atoms with Gasteiger partial charge in [-0.2, -0.15) is 0 Å². The van der Waals surface area contributed by atoms with E-state index in [1.54, 1.807) is 5.56 Å². The molecule has 2 atom stereocenters. The number of aryl methyl sites for hydroxylation is 1. The average molecular weight is 244 g/mol. The topological polar surface area (TPSA) is 29.3 Å². The van der Waals surface area contributed by atoms with Crippen LogP contribution in [0.5, 0.6) is 0 Å². The predicted molar refractivity (Wildman–Crippen MR) is 75.4 cm³/mol. The highest BCUT2D eigenvalue weighted by Gasteiger charge is 2.28. The molecule has 0 bridgehead atoms. The molecule has 1 aromatic carbocycles. The van der Waals surface area contributed by atoms with Crippen LogP contribution in [-0.2, 0) is 13.0 Å². The molecule has 1 aromatic rings. The van der Waals surface area contributed by atoms with Crippen LogP contribution in [0.2, 0.25) is 0 Å². The van der Waals surface area contributed by atoms with E-state index < -0.39 is 0 Å². The van der Waals surface area contributed by atoms with Crippen LogP contribution in [-0.4, -0.2) is 23.5 Å². The summed E-state index contributed by atoms with van der Waals surface area (Å²) in [6.45, 7) is 2.32. The zero-order valence-electron chi connectivity index (χ0n) is 11.1. The second-order valence-corrected chi connectivity index (χ2v) is 5.86. The molecule has 2 unspecified atom stereocenters. The minimum atomic E-state index is 0.393. The van der Waals surface area contributed by atoms with Gasteiger partial charge in [-0.15, -0.1) is 0 Å². The fourth-order valence-electron chi connectivity index (χ4n) is 3.60. The number of hydrogen-bond acceptors (Lipinski definition) is 2. The van der Waals surface area contributed by atoms with E-state index in [9.17, 15) is 0 Å². The average Bonchev–Trinajstić information content (AvgIpc) is 2.61. The molecule has 2 heteroatoms. The molecular formula is C16H24N2. The Hall–Kier alpha value is -0.860. The number of fused-ring (bicyclic) bond motifs is 1. The Morgan fingerprint density at radius 1 is 1.00 bits per heavy atom. The van der Waals surface area contributed by atoms with Crippen molar-refractivity contribution in [3.05, 3.63) is 35.4 Å². The van der Waals surface area contributed by atoms with Crippen molar-refractivity contribution in [1.29, 1.82) is 0 Å². The molecule has 1 aliphatic heterocycles. The van der Waals surface area contributed by atoms with Crippen molar-refractivity contribution >= 4 is 0 Å². The van der Waals surface area contributed by atoms with Crippen LogP contribution >= 0.6 is 0 Å². The van der Waals surface area contributed by atoms with Crippen molar-refractivity contribution in [2.24, 2.45) is 5.73 Å². The van der Waals surface area contributed by atoms with Gasteiger partial charge in [0, 0.05) is 18.6 Å². The molecule has 0 radical (unpaired) electrons. The van der Waals surface area contributed by atoms with Gasteiger partial charge in [-0.05, 0) is 43.4 Å². The molecule has 0 aromatic heterocycles. The molecule has 2 N–H and O–H groups in total. The van der Waals surface area contributed by atoms with Crippen LogP contribution < -0.4 is 5.73 Å². The van der Waals surface area contributed by atoms with E-state index in [-0.39, 0.29) is 0 Å². The van der Waals surface area contributed by atoms with Gasteiger partial charge in [0.05, 0.1) is 0 Å². The number of benzene rings is 1. The highest BCUT2D eigenvalue weighted by Crippen LogP contribution is 2.26. The van der Waals surface area contributed by atoms with Gasteiger partial charge in [-0.25, -0.2) is 0 Å². The van der Waals surface area contributed by atoms with Crippen LogP contribution in [0.4, 0.5) is 0 Å². The first kappa shape index (κ1) is 12.2. The standard InChI is InChI=1S/C16H24N2/c17-15-9-3-4-10-16(15)18-11-5-8-13-6-1-2-7-14(13)12-18/h1-2,6-7,15-16H,3-5,8-12,17H2. The van der Waals surface area contributed by atoms with Crippen molar-refractivity contribution < 1.29 is 0 Å².